The molecule has 9 nitrogen and oxygen atoms in total. The molecule has 2 amide bonds. The lowest BCUT2D eigenvalue weighted by Gasteiger charge is -2.45. The monoisotopic (exact) mass is 431 g/mol. The van der Waals surface area contributed by atoms with Gasteiger partial charge in [-0.3, -0.25) is 4.68 Å². The number of aliphatic imine (C=N–C) groups is 1. The summed E-state index contributed by atoms with van der Waals surface area (Å²) in [4.78, 5) is 41.7. The van der Waals surface area contributed by atoms with Crippen molar-refractivity contribution in [3.63, 3.8) is 0 Å². The zero-order chi connectivity index (χ0) is 22.8. The van der Waals surface area contributed by atoms with E-state index in [4.69, 9.17) is 4.74 Å². The number of carbonyl (C=O) groups excluding carboxylic acids is 3. The molecule has 9 heteroatoms. The molecule has 0 bridgehead atoms. The van der Waals surface area contributed by atoms with Gasteiger partial charge in [0.1, 0.15) is 0 Å². The van der Waals surface area contributed by atoms with Crippen molar-refractivity contribution < 1.29 is 19.1 Å². The van der Waals surface area contributed by atoms with Crippen LogP contribution in [0, 0.1) is 10.8 Å². The molecule has 2 atom stereocenters. The van der Waals surface area contributed by atoms with E-state index < -0.39 is 5.97 Å². The number of aromatic nitrogens is 2. The number of nitrogens with one attached hydrogen (secondary N) is 1. The summed E-state index contributed by atoms with van der Waals surface area (Å²) in [5.41, 5.74) is 1.88. The molecule has 0 saturated heterocycles. The number of fused-ring (bicyclic) bond motifs is 1. The van der Waals surface area contributed by atoms with E-state index in [2.05, 4.69) is 36.2 Å². The number of ether oxygens (including phenoxy) is 1. The maximum atomic E-state index is 13.0. The quantitative estimate of drug-likeness (QED) is 0.438. The second-order valence-corrected chi connectivity index (χ2v) is 9.88. The van der Waals surface area contributed by atoms with Crippen molar-refractivity contribution in [3.05, 3.63) is 17.0 Å². The van der Waals surface area contributed by atoms with E-state index in [-0.39, 0.29) is 35.2 Å². The van der Waals surface area contributed by atoms with Crippen LogP contribution in [-0.4, -0.2) is 58.5 Å². The Morgan fingerprint density at radius 3 is 2.74 bits per heavy atom. The summed E-state index contributed by atoms with van der Waals surface area (Å²) in [6.45, 7) is 9.89. The first-order valence-electron chi connectivity index (χ1n) is 10.9. The maximum Gasteiger partial charge on any atom is 0.359 e. The van der Waals surface area contributed by atoms with Crippen LogP contribution in [0.1, 0.15) is 68.7 Å². The Labute approximate surface area is 183 Å². The molecular formula is C22H33N5O4. The number of urea groups is 1. The maximum absolute atomic E-state index is 13.0. The third-order valence-electron chi connectivity index (χ3n) is 6.32. The number of isocyanates is 1. The molecule has 2 heterocycles. The van der Waals surface area contributed by atoms with Gasteiger partial charge in [-0.25, -0.2) is 19.4 Å². The first-order valence-corrected chi connectivity index (χ1v) is 10.9. The fourth-order valence-electron chi connectivity index (χ4n) is 5.41. The van der Waals surface area contributed by atoms with E-state index in [1.165, 1.54) is 0 Å². The SMILES string of the molecule is CCOC(=O)c1nn(C)c2c1CN(C(=O)NCC1(C)CC(N=C=O)CC(C)(C)C1)CC2. The second-order valence-electron chi connectivity index (χ2n) is 9.88. The van der Waals surface area contributed by atoms with Gasteiger partial charge < -0.3 is 15.0 Å². The van der Waals surface area contributed by atoms with Crippen LogP contribution in [-0.2, 0) is 29.5 Å². The van der Waals surface area contributed by atoms with Crippen molar-refractivity contribution >= 4 is 18.1 Å². The molecular weight excluding hydrogens is 398 g/mol. The van der Waals surface area contributed by atoms with Gasteiger partial charge in [0.15, 0.2) is 5.69 Å². The number of aryl methyl sites for hydroxylation is 1. The van der Waals surface area contributed by atoms with Gasteiger partial charge in [-0.2, -0.15) is 5.10 Å². The van der Waals surface area contributed by atoms with E-state index in [1.54, 1.807) is 29.6 Å². The summed E-state index contributed by atoms with van der Waals surface area (Å²) >= 11 is 0. The van der Waals surface area contributed by atoms with Gasteiger partial charge >= 0.3 is 12.0 Å². The number of nitrogens with zero attached hydrogens (tertiary/aromatic N) is 4. The largest absolute Gasteiger partial charge is 0.461 e. The first-order chi connectivity index (χ1) is 14.6. The van der Waals surface area contributed by atoms with Crippen LogP contribution in [0.25, 0.3) is 0 Å². The minimum atomic E-state index is -0.458. The number of hydrogen-bond donors (Lipinski definition) is 1. The molecule has 0 radical (unpaired) electrons. The third-order valence-corrected chi connectivity index (χ3v) is 6.32. The summed E-state index contributed by atoms with van der Waals surface area (Å²) in [6.07, 6.45) is 4.85. The van der Waals surface area contributed by atoms with Crippen LogP contribution < -0.4 is 5.32 Å². The predicted octanol–water partition coefficient (Wildman–Crippen LogP) is 2.59. The molecule has 0 spiro atoms. The van der Waals surface area contributed by atoms with E-state index in [0.717, 1.165) is 30.5 Å². The Balaban J connectivity index is 1.67. The Morgan fingerprint density at radius 1 is 1.32 bits per heavy atom. The number of hydrogen-bond acceptors (Lipinski definition) is 6. The van der Waals surface area contributed by atoms with Crippen molar-refractivity contribution in [2.75, 3.05) is 19.7 Å². The lowest BCUT2D eigenvalue weighted by molar-refractivity contribution is 0.0516. The van der Waals surface area contributed by atoms with Gasteiger partial charge in [-0.1, -0.05) is 20.8 Å². The fourth-order valence-corrected chi connectivity index (χ4v) is 5.41. The number of esters is 1. The average molecular weight is 432 g/mol. The fraction of sp³-hybridized carbons (Fsp3) is 0.727. The lowest BCUT2D eigenvalue weighted by atomic mass is 9.63. The molecule has 2 unspecified atom stereocenters. The van der Waals surface area contributed by atoms with Crippen LogP contribution in [0.5, 0.6) is 0 Å². The van der Waals surface area contributed by atoms with Crippen LogP contribution in [0.2, 0.25) is 0 Å². The standard InChI is InChI=1S/C22H33N5O4/c1-6-31-19(29)18-16-11-27(8-7-17(16)26(5)25-18)20(30)23-13-22(4)10-15(24-14-28)9-21(2,3)12-22/h15H,6-13H2,1-5H3,(H,23,30). The Bertz CT molecular complexity index is 902. The molecule has 1 saturated carbocycles. The molecule has 1 N–H and O–H groups in total. The van der Waals surface area contributed by atoms with Gasteiger partial charge in [-0.05, 0) is 37.0 Å². The van der Waals surface area contributed by atoms with Crippen LogP contribution in [0.3, 0.4) is 0 Å². The molecule has 1 fully saturated rings. The molecule has 0 aromatic carbocycles. The predicted molar refractivity (Wildman–Crippen MR) is 114 cm³/mol. The van der Waals surface area contributed by atoms with Gasteiger partial charge in [0.25, 0.3) is 0 Å². The first kappa shape index (κ1) is 23.0. The van der Waals surface area contributed by atoms with Gasteiger partial charge in [0, 0.05) is 37.8 Å². The Morgan fingerprint density at radius 2 is 2.06 bits per heavy atom. The van der Waals surface area contributed by atoms with Crippen LogP contribution in [0.4, 0.5) is 4.79 Å². The highest BCUT2D eigenvalue weighted by molar-refractivity contribution is 5.89. The molecule has 1 aliphatic heterocycles. The summed E-state index contributed by atoms with van der Waals surface area (Å²) in [7, 11) is 1.81. The van der Waals surface area contributed by atoms with Gasteiger partial charge in [0.2, 0.25) is 6.08 Å². The second kappa shape index (κ2) is 8.83. The molecule has 1 aliphatic carbocycles. The van der Waals surface area contributed by atoms with Crippen LogP contribution >= 0.6 is 0 Å². The highest BCUT2D eigenvalue weighted by Gasteiger charge is 2.42. The number of rotatable bonds is 5. The van der Waals surface area contributed by atoms with Crippen molar-refractivity contribution in [1.29, 1.82) is 0 Å². The minimum absolute atomic E-state index is 0.0347. The van der Waals surface area contributed by atoms with Crippen molar-refractivity contribution in [2.45, 2.75) is 66.0 Å². The van der Waals surface area contributed by atoms with E-state index in [9.17, 15) is 14.4 Å². The minimum Gasteiger partial charge on any atom is -0.461 e. The summed E-state index contributed by atoms with van der Waals surface area (Å²) in [5, 5.41) is 7.40. The van der Waals surface area contributed by atoms with Crippen LogP contribution in [0.15, 0.2) is 4.99 Å². The zero-order valence-electron chi connectivity index (χ0n) is 19.2. The molecule has 31 heavy (non-hydrogen) atoms. The third kappa shape index (κ3) is 5.15. The highest BCUT2D eigenvalue weighted by atomic mass is 16.5. The van der Waals surface area contributed by atoms with Crippen molar-refractivity contribution in [1.82, 2.24) is 20.0 Å². The zero-order valence-corrected chi connectivity index (χ0v) is 19.2. The smallest absolute Gasteiger partial charge is 0.359 e. The molecule has 3 rings (SSSR count). The topological polar surface area (TPSA) is 106 Å². The highest BCUT2D eigenvalue weighted by Crippen LogP contribution is 2.46. The van der Waals surface area contributed by atoms with E-state index >= 15 is 0 Å². The molecule has 170 valence electrons. The Hall–Kier alpha value is -2.67. The van der Waals surface area contributed by atoms with Gasteiger partial charge in [0.05, 0.1) is 19.2 Å². The lowest BCUT2D eigenvalue weighted by Crippen LogP contribution is -2.49. The molecule has 2 aliphatic rings. The molecule has 1 aromatic heterocycles. The van der Waals surface area contributed by atoms with E-state index in [1.807, 2.05) is 0 Å². The number of amides is 2. The number of carbonyl (C=O) groups is 2. The summed E-state index contributed by atoms with van der Waals surface area (Å²) < 4.78 is 6.83. The van der Waals surface area contributed by atoms with E-state index in [0.29, 0.717) is 26.1 Å². The van der Waals surface area contributed by atoms with Gasteiger partial charge in [-0.15, -0.1) is 0 Å². The van der Waals surface area contributed by atoms with Crippen molar-refractivity contribution in [3.8, 4) is 0 Å². The summed E-state index contributed by atoms with van der Waals surface area (Å²) in [6, 6.07) is -0.229. The van der Waals surface area contributed by atoms with Crippen molar-refractivity contribution in [2.24, 2.45) is 22.9 Å². The summed E-state index contributed by atoms with van der Waals surface area (Å²) in [5.74, 6) is -0.458. The average Bonchev–Trinajstić information content (AvgIpc) is 3.01. The molecule has 1 aromatic rings. The normalized spacial score (nSPS) is 24.7. The Kier molecular flexibility index (Phi) is 6.55.